The summed E-state index contributed by atoms with van der Waals surface area (Å²) in [5.74, 6) is 1.70. The Hall–Kier alpha value is -1.31. The molecule has 0 unspecified atom stereocenters. The topological polar surface area (TPSA) is 26.3 Å². The van der Waals surface area contributed by atoms with Crippen LogP contribution in [0.25, 0.3) is 0 Å². The normalized spacial score (nSPS) is 20.7. The fourth-order valence-corrected chi connectivity index (χ4v) is 3.83. The van der Waals surface area contributed by atoms with Crippen LogP contribution in [0.2, 0.25) is 0 Å². The number of benzene rings is 1. The van der Waals surface area contributed by atoms with E-state index in [0.29, 0.717) is 24.2 Å². The molecule has 120 valence electrons. The molecule has 2 fully saturated rings. The van der Waals surface area contributed by atoms with Crippen LogP contribution < -0.4 is 4.74 Å². The summed E-state index contributed by atoms with van der Waals surface area (Å²) in [6.07, 6.45) is 13.2. The molecule has 0 heterocycles. The molecule has 0 saturated heterocycles. The van der Waals surface area contributed by atoms with E-state index >= 15 is 0 Å². The van der Waals surface area contributed by atoms with Crippen molar-refractivity contribution in [1.82, 2.24) is 0 Å². The summed E-state index contributed by atoms with van der Waals surface area (Å²) in [6, 6.07) is 8.22. The van der Waals surface area contributed by atoms with Gasteiger partial charge in [0.05, 0.1) is 6.10 Å². The molecular weight excluding hydrogens is 272 g/mol. The summed E-state index contributed by atoms with van der Waals surface area (Å²) < 4.78 is 6.05. The quantitative estimate of drug-likeness (QED) is 0.757. The smallest absolute Gasteiger partial charge is 0.140 e. The first-order chi connectivity index (χ1) is 10.8. The Morgan fingerprint density at radius 1 is 0.864 bits per heavy atom. The Bertz CT molecular complexity index is 465. The molecule has 1 aromatic carbocycles. The molecule has 0 radical (unpaired) electrons. The molecule has 3 rings (SSSR count). The minimum absolute atomic E-state index is 0.312. The molecule has 2 nitrogen and oxygen atoms in total. The highest BCUT2D eigenvalue weighted by Gasteiger charge is 2.21. The van der Waals surface area contributed by atoms with Crippen LogP contribution in [-0.4, -0.2) is 11.9 Å². The third kappa shape index (κ3) is 4.34. The molecule has 2 saturated carbocycles. The van der Waals surface area contributed by atoms with Gasteiger partial charge in [0.2, 0.25) is 0 Å². The van der Waals surface area contributed by atoms with E-state index in [2.05, 4.69) is 12.1 Å². The van der Waals surface area contributed by atoms with Gasteiger partial charge in [-0.25, -0.2) is 0 Å². The highest BCUT2D eigenvalue weighted by molar-refractivity contribution is 5.83. The molecule has 0 aliphatic heterocycles. The lowest BCUT2D eigenvalue weighted by atomic mass is 9.84. The van der Waals surface area contributed by atoms with Gasteiger partial charge >= 0.3 is 0 Å². The summed E-state index contributed by atoms with van der Waals surface area (Å²) in [7, 11) is 0. The highest BCUT2D eigenvalue weighted by Crippen LogP contribution is 2.26. The van der Waals surface area contributed by atoms with Crippen molar-refractivity contribution in [3.05, 3.63) is 29.8 Å². The van der Waals surface area contributed by atoms with E-state index in [4.69, 9.17) is 4.74 Å². The molecule has 0 atom stereocenters. The predicted octanol–water partition coefficient (Wildman–Crippen LogP) is 5.09. The van der Waals surface area contributed by atoms with Gasteiger partial charge in [-0.3, -0.25) is 4.79 Å². The second-order valence-electron chi connectivity index (χ2n) is 7.00. The molecule has 0 spiro atoms. The van der Waals surface area contributed by atoms with Gasteiger partial charge in [0.25, 0.3) is 0 Å². The Morgan fingerprint density at radius 3 is 2.09 bits per heavy atom. The second-order valence-corrected chi connectivity index (χ2v) is 7.00. The summed E-state index contributed by atoms with van der Waals surface area (Å²) in [5, 5.41) is 0. The van der Waals surface area contributed by atoms with Crippen LogP contribution in [0.3, 0.4) is 0 Å². The van der Waals surface area contributed by atoms with Crippen molar-refractivity contribution < 1.29 is 9.53 Å². The van der Waals surface area contributed by atoms with E-state index < -0.39 is 0 Å². The third-order valence-corrected chi connectivity index (χ3v) is 5.22. The van der Waals surface area contributed by atoms with Gasteiger partial charge in [-0.2, -0.15) is 0 Å². The zero-order valence-electron chi connectivity index (χ0n) is 13.6. The Morgan fingerprint density at radius 2 is 1.45 bits per heavy atom. The van der Waals surface area contributed by atoms with Crippen LogP contribution >= 0.6 is 0 Å². The zero-order valence-corrected chi connectivity index (χ0v) is 13.6. The largest absolute Gasteiger partial charge is 0.490 e. The molecule has 2 aliphatic carbocycles. The van der Waals surface area contributed by atoms with Crippen molar-refractivity contribution in [2.45, 2.75) is 76.7 Å². The van der Waals surface area contributed by atoms with Gasteiger partial charge in [0, 0.05) is 12.3 Å². The summed E-state index contributed by atoms with van der Waals surface area (Å²) in [5.41, 5.74) is 1.13. The molecule has 2 heteroatoms. The van der Waals surface area contributed by atoms with Crippen molar-refractivity contribution in [3.63, 3.8) is 0 Å². The lowest BCUT2D eigenvalue weighted by molar-refractivity contribution is -0.123. The minimum atomic E-state index is 0.312. The molecular formula is C20H28O2. The zero-order chi connectivity index (χ0) is 15.2. The van der Waals surface area contributed by atoms with Crippen LogP contribution in [0.4, 0.5) is 0 Å². The Kier molecular flexibility index (Phi) is 5.53. The number of carbonyl (C=O) groups excluding carboxylic acids is 1. The number of rotatable bonds is 5. The molecule has 0 bridgehead atoms. The van der Waals surface area contributed by atoms with Crippen molar-refractivity contribution in [2.24, 2.45) is 5.92 Å². The summed E-state index contributed by atoms with van der Waals surface area (Å²) in [6.45, 7) is 0. The van der Waals surface area contributed by atoms with E-state index in [1.54, 1.807) is 0 Å². The maximum atomic E-state index is 12.3. The standard InChI is InChI=1S/C20H28O2/c21-20(17-7-3-1-4-8-17)15-16-11-13-19(14-12-16)22-18-9-5-2-6-10-18/h11-14,17-18H,1-10,15H2. The van der Waals surface area contributed by atoms with Crippen molar-refractivity contribution in [3.8, 4) is 5.75 Å². The van der Waals surface area contributed by atoms with Crippen molar-refractivity contribution in [2.75, 3.05) is 0 Å². The lowest BCUT2D eigenvalue weighted by Gasteiger charge is -2.23. The highest BCUT2D eigenvalue weighted by atomic mass is 16.5. The first kappa shape index (κ1) is 15.6. The Balaban J connectivity index is 1.51. The van der Waals surface area contributed by atoms with Crippen LogP contribution in [0.15, 0.2) is 24.3 Å². The van der Waals surface area contributed by atoms with Gasteiger partial charge in [-0.05, 0) is 56.2 Å². The molecule has 0 amide bonds. The first-order valence-corrected chi connectivity index (χ1v) is 9.09. The molecule has 22 heavy (non-hydrogen) atoms. The van der Waals surface area contributed by atoms with E-state index in [0.717, 1.165) is 24.2 Å². The number of carbonyl (C=O) groups is 1. The van der Waals surface area contributed by atoms with Crippen LogP contribution in [0, 0.1) is 5.92 Å². The van der Waals surface area contributed by atoms with Gasteiger partial charge in [-0.1, -0.05) is 37.8 Å². The third-order valence-electron chi connectivity index (χ3n) is 5.22. The second kappa shape index (κ2) is 7.80. The van der Waals surface area contributed by atoms with Gasteiger partial charge in [-0.15, -0.1) is 0 Å². The maximum Gasteiger partial charge on any atom is 0.140 e. The van der Waals surface area contributed by atoms with Crippen molar-refractivity contribution in [1.29, 1.82) is 0 Å². The molecule has 2 aliphatic rings. The van der Waals surface area contributed by atoms with E-state index in [1.165, 1.54) is 51.4 Å². The summed E-state index contributed by atoms with van der Waals surface area (Å²) >= 11 is 0. The van der Waals surface area contributed by atoms with Crippen LogP contribution in [0.1, 0.15) is 69.8 Å². The molecule has 1 aromatic rings. The first-order valence-electron chi connectivity index (χ1n) is 9.09. The number of ether oxygens (including phenoxy) is 1. The fourth-order valence-electron chi connectivity index (χ4n) is 3.83. The van der Waals surface area contributed by atoms with E-state index in [-0.39, 0.29) is 0 Å². The number of ketones is 1. The van der Waals surface area contributed by atoms with Gasteiger partial charge in [0.15, 0.2) is 0 Å². The average molecular weight is 300 g/mol. The van der Waals surface area contributed by atoms with Crippen LogP contribution in [-0.2, 0) is 11.2 Å². The fraction of sp³-hybridized carbons (Fsp3) is 0.650. The average Bonchev–Trinajstić information content (AvgIpc) is 2.58. The summed E-state index contributed by atoms with van der Waals surface area (Å²) in [4.78, 5) is 12.3. The number of hydrogen-bond acceptors (Lipinski definition) is 2. The van der Waals surface area contributed by atoms with E-state index in [1.807, 2.05) is 12.1 Å². The lowest BCUT2D eigenvalue weighted by Crippen LogP contribution is -2.20. The van der Waals surface area contributed by atoms with Crippen molar-refractivity contribution >= 4 is 5.78 Å². The monoisotopic (exact) mass is 300 g/mol. The van der Waals surface area contributed by atoms with E-state index in [9.17, 15) is 4.79 Å². The molecule has 0 aromatic heterocycles. The number of hydrogen-bond donors (Lipinski definition) is 0. The number of Topliss-reactive ketones (excluding diaryl/α,β-unsaturated/α-hetero) is 1. The predicted molar refractivity (Wildman–Crippen MR) is 89.2 cm³/mol. The minimum Gasteiger partial charge on any atom is -0.490 e. The SMILES string of the molecule is O=C(Cc1ccc(OC2CCCCC2)cc1)C1CCCCC1. The molecule has 0 N–H and O–H groups in total. The van der Waals surface area contributed by atoms with Gasteiger partial charge in [0.1, 0.15) is 11.5 Å². The van der Waals surface area contributed by atoms with Gasteiger partial charge < -0.3 is 4.74 Å². The van der Waals surface area contributed by atoms with Crippen LogP contribution in [0.5, 0.6) is 5.75 Å². The maximum absolute atomic E-state index is 12.3. The Labute approximate surface area is 134 Å².